The maximum absolute atomic E-state index is 13.6. The van der Waals surface area contributed by atoms with E-state index in [2.05, 4.69) is 10.6 Å². The van der Waals surface area contributed by atoms with Gasteiger partial charge >= 0.3 is 5.97 Å². The maximum atomic E-state index is 13.6. The van der Waals surface area contributed by atoms with Crippen LogP contribution < -0.4 is 22.1 Å². The Labute approximate surface area is 266 Å². The zero-order chi connectivity index (χ0) is 30.9. The van der Waals surface area contributed by atoms with E-state index in [1.807, 2.05) is 12.1 Å². The second kappa shape index (κ2) is 16.0. The summed E-state index contributed by atoms with van der Waals surface area (Å²) in [5, 5.41) is 24.7. The van der Waals surface area contributed by atoms with Gasteiger partial charge < -0.3 is 37.2 Å². The van der Waals surface area contributed by atoms with Gasteiger partial charge in [0.15, 0.2) is 0 Å². The van der Waals surface area contributed by atoms with E-state index < -0.39 is 53.9 Å². The van der Waals surface area contributed by atoms with Crippen molar-refractivity contribution in [2.75, 3.05) is 6.54 Å². The Morgan fingerprint density at radius 2 is 1.32 bits per heavy atom. The van der Waals surface area contributed by atoms with Gasteiger partial charge in [-0.15, -0.1) is 17.0 Å². The summed E-state index contributed by atoms with van der Waals surface area (Å²) >= 11 is 0. The van der Waals surface area contributed by atoms with Gasteiger partial charge in [-0.1, -0.05) is 72.8 Å². The quantitative estimate of drug-likeness (QED) is 0.167. The smallest absolute Gasteiger partial charge is 0.326 e. The standard InChI is InChI=1S/C32H37N5O6.BrH/c33-23-18-28(37(19-23)31(41)25(34)15-22-11-13-24(38)14-12-22)30(40)35-26(16-20-7-3-1-4-8-20)29(39)36-27(32(42)43)17-21-9-5-2-6-10-21;/h1-14,23,25-28,38H,15-19,33-34H2,(H,35,40)(H,36,39)(H,42,43);1H/t23-,25-,26+,27+,28-;/m0./s1. The van der Waals surface area contributed by atoms with E-state index in [1.165, 1.54) is 17.0 Å². The first-order valence-corrected chi connectivity index (χ1v) is 14.1. The summed E-state index contributed by atoms with van der Waals surface area (Å²) in [6.07, 6.45) is 0.529. The number of hydrogen-bond acceptors (Lipinski definition) is 7. The van der Waals surface area contributed by atoms with Gasteiger partial charge in [-0.25, -0.2) is 4.79 Å². The third-order valence-corrected chi connectivity index (χ3v) is 7.44. The number of carbonyl (C=O) groups is 4. The van der Waals surface area contributed by atoms with E-state index in [0.717, 1.165) is 16.7 Å². The van der Waals surface area contributed by atoms with Crippen LogP contribution in [0.15, 0.2) is 84.9 Å². The minimum atomic E-state index is -1.22. The zero-order valence-corrected chi connectivity index (χ0v) is 25.8. The number of nitrogens with two attached hydrogens (primary N) is 2. The molecule has 44 heavy (non-hydrogen) atoms. The van der Waals surface area contributed by atoms with Crippen LogP contribution in [-0.2, 0) is 38.4 Å². The average molecular weight is 669 g/mol. The number of benzene rings is 3. The molecule has 0 bridgehead atoms. The Morgan fingerprint density at radius 1 is 0.795 bits per heavy atom. The molecule has 0 radical (unpaired) electrons. The lowest BCUT2D eigenvalue weighted by Gasteiger charge is -2.28. The van der Waals surface area contributed by atoms with Gasteiger partial charge in [0.25, 0.3) is 0 Å². The van der Waals surface area contributed by atoms with E-state index in [9.17, 15) is 29.4 Å². The SMILES string of the molecule is Br.N[C@H]1C[C@@H](C(=O)N[C@H](Cc2ccccc2)C(=O)N[C@H](Cc2ccccc2)C(=O)O)N(C(=O)[C@@H](N)Cc2ccc(O)cc2)C1. The Morgan fingerprint density at radius 3 is 1.86 bits per heavy atom. The summed E-state index contributed by atoms with van der Waals surface area (Å²) in [4.78, 5) is 53.8. The molecule has 0 unspecified atom stereocenters. The van der Waals surface area contributed by atoms with Crippen LogP contribution in [0.1, 0.15) is 23.1 Å². The van der Waals surface area contributed by atoms with Crippen LogP contribution in [0.2, 0.25) is 0 Å². The van der Waals surface area contributed by atoms with Crippen LogP contribution in [-0.4, -0.2) is 75.6 Å². The molecular formula is C32H38BrN5O6. The predicted octanol–water partition coefficient (Wildman–Crippen LogP) is 1.31. The Bertz CT molecular complexity index is 1410. The molecule has 0 spiro atoms. The summed E-state index contributed by atoms with van der Waals surface area (Å²) in [6.45, 7) is 0.119. The van der Waals surface area contributed by atoms with Gasteiger partial charge in [0.2, 0.25) is 17.7 Å². The van der Waals surface area contributed by atoms with Gasteiger partial charge in [0, 0.05) is 25.4 Å². The topological polar surface area (TPSA) is 188 Å². The molecule has 0 aromatic heterocycles. The molecule has 1 saturated heterocycles. The summed E-state index contributed by atoms with van der Waals surface area (Å²) in [5.74, 6) is -2.81. The monoisotopic (exact) mass is 667 g/mol. The summed E-state index contributed by atoms with van der Waals surface area (Å²) in [7, 11) is 0. The molecule has 1 aliphatic heterocycles. The summed E-state index contributed by atoms with van der Waals surface area (Å²) in [6, 6.07) is 19.5. The van der Waals surface area contributed by atoms with Crippen molar-refractivity contribution in [2.24, 2.45) is 11.5 Å². The number of phenols is 1. The van der Waals surface area contributed by atoms with Crippen LogP contribution in [0, 0.1) is 0 Å². The number of hydrogen-bond donors (Lipinski definition) is 6. The minimum absolute atomic E-state index is 0. The number of carboxylic acids is 1. The largest absolute Gasteiger partial charge is 0.508 e. The second-order valence-corrected chi connectivity index (χ2v) is 10.8. The molecule has 8 N–H and O–H groups in total. The van der Waals surface area contributed by atoms with E-state index in [1.54, 1.807) is 60.7 Å². The highest BCUT2D eigenvalue weighted by Crippen LogP contribution is 2.20. The summed E-state index contributed by atoms with van der Waals surface area (Å²) in [5.41, 5.74) is 14.6. The van der Waals surface area contributed by atoms with Crippen molar-refractivity contribution in [1.82, 2.24) is 15.5 Å². The van der Waals surface area contributed by atoms with Crippen molar-refractivity contribution in [2.45, 2.75) is 55.9 Å². The van der Waals surface area contributed by atoms with Crippen molar-refractivity contribution >= 4 is 40.7 Å². The van der Waals surface area contributed by atoms with E-state index in [-0.39, 0.29) is 55.0 Å². The normalized spacial score (nSPS) is 17.9. The third kappa shape index (κ3) is 9.37. The zero-order valence-electron chi connectivity index (χ0n) is 24.0. The summed E-state index contributed by atoms with van der Waals surface area (Å²) < 4.78 is 0. The number of carbonyl (C=O) groups excluding carboxylic acids is 3. The molecular weight excluding hydrogens is 630 g/mol. The lowest BCUT2D eigenvalue weighted by Crippen LogP contribution is -2.57. The minimum Gasteiger partial charge on any atom is -0.508 e. The number of halogens is 1. The molecule has 5 atom stereocenters. The molecule has 1 heterocycles. The molecule has 0 aliphatic carbocycles. The number of nitrogens with zero attached hydrogens (tertiary/aromatic N) is 1. The Kier molecular flexibility index (Phi) is 12.4. The average Bonchev–Trinajstić information content (AvgIpc) is 3.39. The van der Waals surface area contributed by atoms with E-state index >= 15 is 0 Å². The Hall–Kier alpha value is -4.26. The molecule has 3 amide bonds. The third-order valence-electron chi connectivity index (χ3n) is 7.44. The lowest BCUT2D eigenvalue weighted by atomic mass is 10.0. The number of rotatable bonds is 12. The number of likely N-dealkylation sites (tertiary alicyclic amines) is 1. The predicted molar refractivity (Wildman–Crippen MR) is 170 cm³/mol. The van der Waals surface area contributed by atoms with Gasteiger partial charge in [-0.3, -0.25) is 14.4 Å². The van der Waals surface area contributed by atoms with Gasteiger partial charge in [-0.05, 0) is 41.7 Å². The van der Waals surface area contributed by atoms with Crippen molar-refractivity contribution in [3.8, 4) is 5.75 Å². The van der Waals surface area contributed by atoms with Crippen molar-refractivity contribution in [3.05, 3.63) is 102 Å². The van der Waals surface area contributed by atoms with Gasteiger partial charge in [0.05, 0.1) is 6.04 Å². The molecule has 1 aliphatic rings. The molecule has 3 aromatic carbocycles. The molecule has 12 heteroatoms. The highest BCUT2D eigenvalue weighted by Gasteiger charge is 2.41. The second-order valence-electron chi connectivity index (χ2n) is 10.8. The first kappa shape index (κ1) is 34.2. The van der Waals surface area contributed by atoms with E-state index in [0.29, 0.717) is 0 Å². The van der Waals surface area contributed by atoms with Crippen LogP contribution in [0.4, 0.5) is 0 Å². The Balaban J connectivity index is 0.00000529. The molecule has 11 nitrogen and oxygen atoms in total. The van der Waals surface area contributed by atoms with Crippen molar-refractivity contribution in [3.63, 3.8) is 0 Å². The fourth-order valence-corrected chi connectivity index (χ4v) is 5.20. The fourth-order valence-electron chi connectivity index (χ4n) is 5.20. The number of nitrogens with one attached hydrogen (secondary N) is 2. The first-order chi connectivity index (χ1) is 20.6. The van der Waals surface area contributed by atoms with Crippen LogP contribution >= 0.6 is 17.0 Å². The maximum Gasteiger partial charge on any atom is 0.326 e. The molecule has 4 rings (SSSR count). The number of aromatic hydroxyl groups is 1. The van der Waals surface area contributed by atoms with E-state index in [4.69, 9.17) is 11.5 Å². The molecule has 3 aromatic rings. The fraction of sp³-hybridized carbons (Fsp3) is 0.312. The number of phenolic OH excluding ortho intramolecular Hbond substituents is 1. The molecule has 234 valence electrons. The van der Waals surface area contributed by atoms with Gasteiger partial charge in [-0.2, -0.15) is 0 Å². The number of amides is 3. The highest BCUT2D eigenvalue weighted by molar-refractivity contribution is 8.93. The van der Waals surface area contributed by atoms with Crippen molar-refractivity contribution in [1.29, 1.82) is 0 Å². The first-order valence-electron chi connectivity index (χ1n) is 14.1. The number of carboxylic acid groups (broad SMARTS) is 1. The highest BCUT2D eigenvalue weighted by atomic mass is 79.9. The van der Waals surface area contributed by atoms with Crippen LogP contribution in [0.25, 0.3) is 0 Å². The van der Waals surface area contributed by atoms with Crippen LogP contribution in [0.3, 0.4) is 0 Å². The lowest BCUT2D eigenvalue weighted by molar-refractivity contribution is -0.143. The molecule has 1 fully saturated rings. The number of aliphatic carboxylic acids is 1. The van der Waals surface area contributed by atoms with Crippen molar-refractivity contribution < 1.29 is 29.4 Å². The molecule has 0 saturated carbocycles. The van der Waals surface area contributed by atoms with Gasteiger partial charge in [0.1, 0.15) is 23.9 Å². The van der Waals surface area contributed by atoms with Crippen LogP contribution in [0.5, 0.6) is 5.75 Å².